The average Bonchev–Trinajstić information content (AvgIpc) is 3.51. The fraction of sp³-hybridized carbons (Fsp3) is 0.333. The molecule has 8 nitrogen and oxygen atoms in total. The third-order valence-electron chi connectivity index (χ3n) is 7.41. The van der Waals surface area contributed by atoms with Crippen LogP contribution in [0.5, 0.6) is 0 Å². The summed E-state index contributed by atoms with van der Waals surface area (Å²) in [4.78, 5) is 44.6. The lowest BCUT2D eigenvalue weighted by atomic mass is 9.76. The molecule has 3 heterocycles. The maximum absolute atomic E-state index is 13.6. The molecule has 3 aromatic rings. The van der Waals surface area contributed by atoms with Gasteiger partial charge >= 0.3 is 5.97 Å². The Hall–Kier alpha value is -3.96. The van der Waals surface area contributed by atoms with Gasteiger partial charge in [-0.05, 0) is 35.7 Å². The number of nitriles is 1. The third-order valence-corrected chi connectivity index (χ3v) is 7.41. The number of carbonyl (C=O) groups is 3. The Labute approximate surface area is 202 Å². The Kier molecular flexibility index (Phi) is 5.65. The van der Waals surface area contributed by atoms with Gasteiger partial charge in [-0.2, -0.15) is 5.26 Å². The number of aromatic amines is 1. The Balaban J connectivity index is 1.62. The minimum Gasteiger partial charge on any atom is -0.480 e. The largest absolute Gasteiger partial charge is 0.480 e. The van der Waals surface area contributed by atoms with Gasteiger partial charge in [-0.25, -0.2) is 0 Å². The summed E-state index contributed by atoms with van der Waals surface area (Å²) in [7, 11) is 0. The summed E-state index contributed by atoms with van der Waals surface area (Å²) in [5.41, 5.74) is 1.12. The van der Waals surface area contributed by atoms with Gasteiger partial charge in [0.05, 0.1) is 23.5 Å². The number of aliphatic carboxylic acids is 1. The zero-order valence-electron chi connectivity index (χ0n) is 19.3. The number of aromatic nitrogens is 1. The molecule has 35 heavy (non-hydrogen) atoms. The molecule has 178 valence electrons. The average molecular weight is 471 g/mol. The number of likely N-dealkylation sites (tertiary alicyclic amines) is 1. The first-order chi connectivity index (χ1) is 16.9. The van der Waals surface area contributed by atoms with E-state index in [9.17, 15) is 24.8 Å². The van der Waals surface area contributed by atoms with Crippen LogP contribution in [0.2, 0.25) is 0 Å². The van der Waals surface area contributed by atoms with Gasteiger partial charge in [-0.1, -0.05) is 43.7 Å². The Morgan fingerprint density at radius 2 is 1.89 bits per heavy atom. The van der Waals surface area contributed by atoms with E-state index < -0.39 is 35.3 Å². The van der Waals surface area contributed by atoms with Gasteiger partial charge in [0.15, 0.2) is 0 Å². The fourth-order valence-corrected chi connectivity index (χ4v) is 5.66. The van der Waals surface area contributed by atoms with Crippen LogP contribution in [0.15, 0.2) is 54.7 Å². The molecule has 0 saturated carbocycles. The van der Waals surface area contributed by atoms with Crippen LogP contribution in [0.1, 0.15) is 42.5 Å². The molecule has 8 heteroatoms. The second kappa shape index (κ2) is 8.67. The number of unbranched alkanes of at least 4 members (excludes halogenated alkanes) is 1. The molecule has 2 fully saturated rings. The molecule has 3 N–H and O–H groups in total. The van der Waals surface area contributed by atoms with Crippen LogP contribution in [0, 0.1) is 23.2 Å². The summed E-state index contributed by atoms with van der Waals surface area (Å²) in [5, 5.41) is 23.9. The van der Waals surface area contributed by atoms with Crippen molar-refractivity contribution in [2.75, 3.05) is 6.54 Å². The highest BCUT2D eigenvalue weighted by Gasteiger charge is 2.68. The fourth-order valence-electron chi connectivity index (χ4n) is 5.66. The van der Waals surface area contributed by atoms with Gasteiger partial charge in [-0.15, -0.1) is 0 Å². The number of nitrogens with zero attached hydrogens (tertiary/aromatic N) is 2. The van der Waals surface area contributed by atoms with E-state index in [0.717, 1.165) is 22.9 Å². The molecule has 4 atom stereocenters. The molecule has 0 spiro atoms. The van der Waals surface area contributed by atoms with Gasteiger partial charge < -0.3 is 10.1 Å². The number of imide groups is 1. The van der Waals surface area contributed by atoms with Gasteiger partial charge in [-0.3, -0.25) is 24.6 Å². The second-order valence-electron chi connectivity index (χ2n) is 9.35. The third kappa shape index (κ3) is 3.51. The molecule has 0 aliphatic carbocycles. The van der Waals surface area contributed by atoms with Crippen LogP contribution in [-0.2, 0) is 20.8 Å². The van der Waals surface area contributed by atoms with E-state index >= 15 is 0 Å². The van der Waals surface area contributed by atoms with Crippen molar-refractivity contribution in [2.45, 2.75) is 37.8 Å². The lowest BCUT2D eigenvalue weighted by Gasteiger charge is -2.31. The zero-order valence-corrected chi connectivity index (χ0v) is 19.3. The number of H-pyrrole nitrogens is 1. The van der Waals surface area contributed by atoms with Crippen molar-refractivity contribution in [1.29, 1.82) is 5.26 Å². The van der Waals surface area contributed by atoms with Crippen LogP contribution in [0.4, 0.5) is 0 Å². The number of carboxylic acids is 1. The van der Waals surface area contributed by atoms with E-state index in [1.165, 1.54) is 4.90 Å². The summed E-state index contributed by atoms with van der Waals surface area (Å²) in [6.07, 6.45) is 3.29. The minimum absolute atomic E-state index is 0.0426. The second-order valence-corrected chi connectivity index (χ2v) is 9.35. The van der Waals surface area contributed by atoms with Crippen molar-refractivity contribution >= 4 is 28.7 Å². The summed E-state index contributed by atoms with van der Waals surface area (Å²) in [5.74, 6) is -3.81. The van der Waals surface area contributed by atoms with E-state index in [0.29, 0.717) is 17.5 Å². The zero-order chi connectivity index (χ0) is 24.7. The molecule has 2 aromatic carbocycles. The molecule has 0 bridgehead atoms. The normalized spacial score (nSPS) is 25.7. The maximum Gasteiger partial charge on any atom is 0.325 e. The van der Waals surface area contributed by atoms with E-state index in [1.807, 2.05) is 31.2 Å². The molecule has 2 aliphatic rings. The topological polar surface area (TPSA) is 126 Å². The molecule has 5 rings (SSSR count). The number of fused-ring (bicyclic) bond motifs is 2. The van der Waals surface area contributed by atoms with Gasteiger partial charge in [0.1, 0.15) is 5.54 Å². The number of amides is 2. The molecular weight excluding hydrogens is 444 g/mol. The first-order valence-electron chi connectivity index (χ1n) is 11.8. The number of carbonyl (C=O) groups excluding carboxylic acids is 2. The predicted octanol–water partition coefficient (Wildman–Crippen LogP) is 3.15. The van der Waals surface area contributed by atoms with Crippen LogP contribution in [0.25, 0.3) is 10.9 Å². The number of nitrogens with one attached hydrogen (secondary N) is 2. The summed E-state index contributed by atoms with van der Waals surface area (Å²) in [6.45, 7) is 2.26. The van der Waals surface area contributed by atoms with Crippen LogP contribution >= 0.6 is 0 Å². The van der Waals surface area contributed by atoms with Gasteiger partial charge in [0.2, 0.25) is 11.8 Å². The molecule has 1 aromatic heterocycles. The standard InChI is InChI=1S/C27H26N4O4/c1-2-3-12-31-24(32)21-22(25(31)33)27(26(34)35,13-18-15-29-20-7-5-4-6-19(18)20)30-23(21)17-10-8-16(14-28)9-11-17/h4-11,15,21-23,29-30H,2-3,12-13H2,1H3,(H,34,35). The number of rotatable bonds is 7. The SMILES string of the molecule is CCCCN1C(=O)C2C(c3ccc(C#N)cc3)NC(Cc3c[nH]c4ccccc34)(C(=O)O)C2C1=O. The van der Waals surface area contributed by atoms with E-state index in [2.05, 4.69) is 16.4 Å². The highest BCUT2D eigenvalue weighted by atomic mass is 16.4. The predicted molar refractivity (Wildman–Crippen MR) is 128 cm³/mol. The van der Waals surface area contributed by atoms with Crippen molar-refractivity contribution < 1.29 is 19.5 Å². The minimum atomic E-state index is -1.66. The van der Waals surface area contributed by atoms with Crippen molar-refractivity contribution in [2.24, 2.45) is 11.8 Å². The molecule has 2 saturated heterocycles. The first-order valence-corrected chi connectivity index (χ1v) is 11.8. The maximum atomic E-state index is 13.6. The number of para-hydroxylation sites is 1. The van der Waals surface area contributed by atoms with Crippen molar-refractivity contribution in [1.82, 2.24) is 15.2 Å². The lowest BCUT2D eigenvalue weighted by Crippen LogP contribution is -2.57. The number of benzene rings is 2. The number of hydrogen-bond acceptors (Lipinski definition) is 5. The number of hydrogen-bond donors (Lipinski definition) is 3. The van der Waals surface area contributed by atoms with Crippen molar-refractivity contribution in [3.63, 3.8) is 0 Å². The summed E-state index contributed by atoms with van der Waals surface area (Å²) < 4.78 is 0. The lowest BCUT2D eigenvalue weighted by molar-refractivity contribution is -0.151. The highest BCUT2D eigenvalue weighted by molar-refractivity contribution is 6.09. The van der Waals surface area contributed by atoms with Crippen molar-refractivity contribution in [3.8, 4) is 6.07 Å². The first kappa shape index (κ1) is 22.8. The molecular formula is C27H26N4O4. The van der Waals surface area contributed by atoms with Crippen LogP contribution in [0.3, 0.4) is 0 Å². The van der Waals surface area contributed by atoms with E-state index in [-0.39, 0.29) is 18.9 Å². The van der Waals surface area contributed by atoms with E-state index in [4.69, 9.17) is 0 Å². The smallest absolute Gasteiger partial charge is 0.325 e. The number of carboxylic acid groups (broad SMARTS) is 1. The molecule has 2 amide bonds. The molecule has 0 radical (unpaired) electrons. The van der Waals surface area contributed by atoms with Crippen LogP contribution in [-0.4, -0.2) is 44.9 Å². The highest BCUT2D eigenvalue weighted by Crippen LogP contribution is 2.50. The van der Waals surface area contributed by atoms with E-state index in [1.54, 1.807) is 30.5 Å². The summed E-state index contributed by atoms with van der Waals surface area (Å²) >= 11 is 0. The monoisotopic (exact) mass is 470 g/mol. The Bertz CT molecular complexity index is 1360. The summed E-state index contributed by atoms with van der Waals surface area (Å²) in [6, 6.07) is 15.7. The quantitative estimate of drug-likeness (QED) is 0.456. The Morgan fingerprint density at radius 3 is 2.57 bits per heavy atom. The van der Waals surface area contributed by atoms with Gasteiger partial charge in [0, 0.05) is 36.1 Å². The van der Waals surface area contributed by atoms with Crippen molar-refractivity contribution in [3.05, 3.63) is 71.4 Å². The molecule has 4 unspecified atom stereocenters. The van der Waals surface area contributed by atoms with Crippen LogP contribution < -0.4 is 5.32 Å². The molecule has 2 aliphatic heterocycles. The van der Waals surface area contributed by atoms with Gasteiger partial charge in [0.25, 0.3) is 0 Å². The Morgan fingerprint density at radius 1 is 1.14 bits per heavy atom.